The second-order valence-electron chi connectivity index (χ2n) is 6.70. The summed E-state index contributed by atoms with van der Waals surface area (Å²) in [7, 11) is 0. The number of para-hydroxylation sites is 1. The Morgan fingerprint density at radius 1 is 1.14 bits per heavy atom. The molecule has 0 aliphatic carbocycles. The summed E-state index contributed by atoms with van der Waals surface area (Å²) in [6, 6.07) is 16.2. The van der Waals surface area contributed by atoms with Crippen molar-refractivity contribution in [2.45, 2.75) is 25.4 Å². The molecule has 1 amide bonds. The molecule has 1 heterocycles. The van der Waals surface area contributed by atoms with Gasteiger partial charge in [-0.15, -0.1) is 0 Å². The Labute approximate surface area is 163 Å². The number of carbonyl (C=O) groups is 1. The third-order valence-corrected chi connectivity index (χ3v) is 4.73. The smallest absolute Gasteiger partial charge is 0.267 e. The molecule has 6 heteroatoms. The Bertz CT molecular complexity index is 932. The van der Waals surface area contributed by atoms with Gasteiger partial charge in [-0.05, 0) is 41.7 Å². The Hall–Kier alpha value is -2.93. The molecule has 0 aliphatic heterocycles. The molecule has 3 rings (SSSR count). The maximum absolute atomic E-state index is 11.0. The zero-order valence-electron chi connectivity index (χ0n) is 15.6. The topological polar surface area (TPSA) is 97.4 Å². The van der Waals surface area contributed by atoms with Crippen LogP contribution < -0.4 is 10.8 Å². The Morgan fingerprint density at radius 3 is 2.68 bits per heavy atom. The molecule has 1 atom stereocenters. The number of aromatic amines is 1. The summed E-state index contributed by atoms with van der Waals surface area (Å²) >= 11 is 0. The number of hydroxylamine groups is 1. The average Bonchev–Trinajstić information content (AvgIpc) is 3.14. The van der Waals surface area contributed by atoms with E-state index in [1.54, 1.807) is 11.6 Å². The summed E-state index contributed by atoms with van der Waals surface area (Å²) in [6.07, 6.45) is 6.46. The van der Waals surface area contributed by atoms with E-state index in [4.69, 9.17) is 5.21 Å². The molecule has 0 fully saturated rings. The highest BCUT2D eigenvalue weighted by Crippen LogP contribution is 2.20. The minimum absolute atomic E-state index is 0.136. The van der Waals surface area contributed by atoms with Crippen LogP contribution in [0.2, 0.25) is 0 Å². The second-order valence-corrected chi connectivity index (χ2v) is 6.70. The quantitative estimate of drug-likeness (QED) is 0.224. The third kappa shape index (κ3) is 5.29. The molecular formula is C22H25N3O3. The summed E-state index contributed by atoms with van der Waals surface area (Å²) in [5.41, 5.74) is 5.92. The van der Waals surface area contributed by atoms with Crippen LogP contribution in [0.4, 0.5) is 0 Å². The van der Waals surface area contributed by atoms with Crippen molar-refractivity contribution in [1.29, 1.82) is 0 Å². The maximum Gasteiger partial charge on any atom is 0.267 e. The number of benzene rings is 2. The molecule has 0 spiro atoms. The fourth-order valence-corrected chi connectivity index (χ4v) is 3.22. The molecule has 1 aromatic heterocycles. The van der Waals surface area contributed by atoms with Crippen molar-refractivity contribution in [1.82, 2.24) is 15.8 Å². The Balaban J connectivity index is 1.60. The molecule has 0 aliphatic rings. The van der Waals surface area contributed by atoms with Crippen molar-refractivity contribution < 1.29 is 15.1 Å². The van der Waals surface area contributed by atoms with Gasteiger partial charge < -0.3 is 15.4 Å². The fourth-order valence-electron chi connectivity index (χ4n) is 3.22. The summed E-state index contributed by atoms with van der Waals surface area (Å²) in [5, 5.41) is 22.7. The molecule has 6 nitrogen and oxygen atoms in total. The molecule has 3 aromatic rings. The number of hydrogen-bond donors (Lipinski definition) is 5. The number of nitrogens with one attached hydrogen (secondary N) is 3. The molecule has 0 saturated heterocycles. The minimum Gasteiger partial charge on any atom is -0.396 e. The highest BCUT2D eigenvalue weighted by Gasteiger charge is 2.12. The molecule has 2 aromatic carbocycles. The van der Waals surface area contributed by atoms with Crippen LogP contribution in [0.25, 0.3) is 17.0 Å². The Kier molecular flexibility index (Phi) is 6.97. The van der Waals surface area contributed by atoms with Gasteiger partial charge in [0.25, 0.3) is 5.91 Å². The number of amides is 1. The highest BCUT2D eigenvalue weighted by molar-refractivity contribution is 5.90. The van der Waals surface area contributed by atoms with Gasteiger partial charge >= 0.3 is 0 Å². The summed E-state index contributed by atoms with van der Waals surface area (Å²) in [4.78, 5) is 14.3. The van der Waals surface area contributed by atoms with Crippen LogP contribution in [-0.4, -0.2) is 33.9 Å². The van der Waals surface area contributed by atoms with Gasteiger partial charge in [0.05, 0.1) is 0 Å². The molecule has 0 saturated carbocycles. The lowest BCUT2D eigenvalue weighted by Gasteiger charge is -2.18. The van der Waals surface area contributed by atoms with Crippen LogP contribution in [0.3, 0.4) is 0 Å². The zero-order chi connectivity index (χ0) is 19.8. The summed E-state index contributed by atoms with van der Waals surface area (Å²) in [5.74, 6) is -0.560. The van der Waals surface area contributed by atoms with E-state index in [1.165, 1.54) is 17.0 Å². The van der Waals surface area contributed by atoms with Crippen LogP contribution in [-0.2, 0) is 17.8 Å². The van der Waals surface area contributed by atoms with E-state index in [1.807, 2.05) is 42.6 Å². The van der Waals surface area contributed by atoms with Gasteiger partial charge in [-0.2, -0.15) is 0 Å². The monoisotopic (exact) mass is 379 g/mol. The molecule has 146 valence electrons. The fraction of sp³-hybridized carbons (Fsp3) is 0.227. The number of H-pyrrole nitrogens is 1. The maximum atomic E-state index is 11.0. The minimum atomic E-state index is -0.560. The van der Waals surface area contributed by atoms with Crippen molar-refractivity contribution in [3.63, 3.8) is 0 Å². The average molecular weight is 379 g/mol. The standard InChI is InChI=1S/C22H25N3O3/c26-12-11-19(13-18-15-24-21-4-2-1-3-20(18)21)23-14-17-7-5-16(6-8-17)9-10-22(27)25-28/h1-10,15,19,23-24,26,28H,11-14H2,(H,25,27). The van der Waals surface area contributed by atoms with Crippen LogP contribution in [0, 0.1) is 0 Å². The number of fused-ring (bicyclic) bond motifs is 1. The number of carbonyl (C=O) groups excluding carboxylic acids is 1. The lowest BCUT2D eigenvalue weighted by Crippen LogP contribution is -2.31. The Morgan fingerprint density at radius 2 is 1.93 bits per heavy atom. The number of aromatic nitrogens is 1. The van der Waals surface area contributed by atoms with E-state index in [0.29, 0.717) is 13.0 Å². The van der Waals surface area contributed by atoms with Gasteiger partial charge in [0, 0.05) is 42.4 Å². The predicted molar refractivity (Wildman–Crippen MR) is 110 cm³/mol. The van der Waals surface area contributed by atoms with Crippen molar-refractivity contribution >= 4 is 22.9 Å². The first kappa shape index (κ1) is 19.8. The lowest BCUT2D eigenvalue weighted by molar-refractivity contribution is -0.124. The molecular weight excluding hydrogens is 354 g/mol. The first-order valence-electron chi connectivity index (χ1n) is 9.30. The normalized spacial score (nSPS) is 12.5. The van der Waals surface area contributed by atoms with E-state index in [-0.39, 0.29) is 12.6 Å². The molecule has 28 heavy (non-hydrogen) atoms. The van der Waals surface area contributed by atoms with Crippen molar-refractivity contribution in [3.05, 3.63) is 77.5 Å². The number of aliphatic hydroxyl groups excluding tert-OH is 1. The largest absolute Gasteiger partial charge is 0.396 e. The van der Waals surface area contributed by atoms with Gasteiger partial charge in [0.2, 0.25) is 0 Å². The van der Waals surface area contributed by atoms with E-state index >= 15 is 0 Å². The van der Waals surface area contributed by atoms with Gasteiger partial charge in [0.1, 0.15) is 0 Å². The van der Waals surface area contributed by atoms with Crippen LogP contribution in [0.15, 0.2) is 60.8 Å². The van der Waals surface area contributed by atoms with E-state index in [2.05, 4.69) is 22.4 Å². The molecule has 0 radical (unpaired) electrons. The van der Waals surface area contributed by atoms with E-state index < -0.39 is 5.91 Å². The number of hydrogen-bond acceptors (Lipinski definition) is 4. The third-order valence-electron chi connectivity index (χ3n) is 4.73. The van der Waals surface area contributed by atoms with Gasteiger partial charge in [-0.3, -0.25) is 10.0 Å². The molecule has 1 unspecified atom stereocenters. The van der Waals surface area contributed by atoms with Crippen molar-refractivity contribution in [2.75, 3.05) is 6.61 Å². The van der Waals surface area contributed by atoms with Crippen molar-refractivity contribution in [2.24, 2.45) is 0 Å². The number of rotatable bonds is 9. The van der Waals surface area contributed by atoms with Gasteiger partial charge in [0.15, 0.2) is 0 Å². The van der Waals surface area contributed by atoms with Crippen LogP contribution >= 0.6 is 0 Å². The van der Waals surface area contributed by atoms with E-state index in [9.17, 15) is 9.90 Å². The zero-order valence-corrected chi connectivity index (χ0v) is 15.6. The predicted octanol–water partition coefficient (Wildman–Crippen LogP) is 2.77. The SMILES string of the molecule is O=C(C=Cc1ccc(CNC(CCO)Cc2c[nH]c3ccccc23)cc1)NO. The first-order valence-corrected chi connectivity index (χ1v) is 9.30. The number of aliphatic hydroxyl groups is 1. The second kappa shape index (κ2) is 9.85. The highest BCUT2D eigenvalue weighted by atomic mass is 16.5. The summed E-state index contributed by atoms with van der Waals surface area (Å²) in [6.45, 7) is 0.824. The van der Waals surface area contributed by atoms with Crippen molar-refractivity contribution in [3.8, 4) is 0 Å². The van der Waals surface area contributed by atoms with E-state index in [0.717, 1.165) is 23.1 Å². The van der Waals surface area contributed by atoms with Gasteiger partial charge in [-0.1, -0.05) is 42.5 Å². The molecule has 0 bridgehead atoms. The lowest BCUT2D eigenvalue weighted by atomic mass is 10.0. The van der Waals surface area contributed by atoms with Crippen LogP contribution in [0.1, 0.15) is 23.1 Å². The van der Waals surface area contributed by atoms with Gasteiger partial charge in [-0.25, -0.2) is 5.48 Å². The van der Waals surface area contributed by atoms with Crippen LogP contribution in [0.5, 0.6) is 0 Å². The molecule has 5 N–H and O–H groups in total. The first-order chi connectivity index (χ1) is 13.7. The summed E-state index contributed by atoms with van der Waals surface area (Å²) < 4.78 is 0.